The quantitative estimate of drug-likeness (QED) is 0.938. The number of carbonyl (C=O) groups excluding carboxylic acids is 2. The summed E-state index contributed by atoms with van der Waals surface area (Å²) in [7, 11) is 0. The van der Waals surface area contributed by atoms with Gasteiger partial charge in [0.15, 0.2) is 0 Å². The van der Waals surface area contributed by atoms with Crippen LogP contribution in [0, 0.1) is 0 Å². The molecule has 0 saturated heterocycles. The molecule has 0 radical (unpaired) electrons. The van der Waals surface area contributed by atoms with E-state index in [1.165, 1.54) is 6.92 Å². The molecule has 1 aliphatic rings. The topological polar surface area (TPSA) is 49.4 Å². The Bertz CT molecular complexity index is 682. The van der Waals surface area contributed by atoms with Crippen molar-refractivity contribution >= 4 is 17.5 Å². The lowest BCUT2D eigenvalue weighted by Gasteiger charge is -2.18. The maximum atomic E-state index is 12.6. The molecule has 0 unspecified atom stereocenters. The van der Waals surface area contributed by atoms with Gasteiger partial charge in [-0.15, -0.1) is 0 Å². The number of amides is 2. The van der Waals surface area contributed by atoms with Gasteiger partial charge in [0.05, 0.1) is 6.54 Å². The highest BCUT2D eigenvalue weighted by atomic mass is 16.2. The van der Waals surface area contributed by atoms with Crippen molar-refractivity contribution in [3.05, 3.63) is 65.7 Å². The molecule has 0 aliphatic carbocycles. The summed E-state index contributed by atoms with van der Waals surface area (Å²) in [6.07, 6.45) is 0. The molecular formula is C17H16N2O2. The molecule has 1 heterocycles. The number of carbonyl (C=O) groups is 2. The fourth-order valence-electron chi connectivity index (χ4n) is 2.66. The third-order valence-corrected chi connectivity index (χ3v) is 3.58. The summed E-state index contributed by atoms with van der Waals surface area (Å²) in [4.78, 5) is 25.7. The smallest absolute Gasteiger partial charge is 0.254 e. The molecule has 0 spiro atoms. The Morgan fingerprint density at radius 3 is 2.48 bits per heavy atom. The first-order chi connectivity index (χ1) is 10.2. The van der Waals surface area contributed by atoms with E-state index in [0.29, 0.717) is 6.54 Å². The van der Waals surface area contributed by atoms with E-state index in [1.54, 1.807) is 4.90 Å². The molecule has 0 fully saturated rings. The number of rotatable bonds is 3. The SMILES string of the molecule is CC(=O)N[C@@H]1C(=O)N(Cc2ccccc2)c2ccccc21. The van der Waals surface area contributed by atoms with E-state index >= 15 is 0 Å². The van der Waals surface area contributed by atoms with Crippen LogP contribution in [0.5, 0.6) is 0 Å². The van der Waals surface area contributed by atoms with Crippen molar-refractivity contribution in [1.82, 2.24) is 5.32 Å². The van der Waals surface area contributed by atoms with Gasteiger partial charge in [-0.3, -0.25) is 9.59 Å². The molecule has 4 heteroatoms. The third kappa shape index (κ3) is 2.52. The van der Waals surface area contributed by atoms with Crippen molar-refractivity contribution in [2.24, 2.45) is 0 Å². The van der Waals surface area contributed by atoms with Gasteiger partial charge in [-0.2, -0.15) is 0 Å². The second-order valence-corrected chi connectivity index (χ2v) is 5.10. The molecule has 1 N–H and O–H groups in total. The normalized spacial score (nSPS) is 16.7. The predicted octanol–water partition coefficient (Wildman–Crippen LogP) is 2.41. The van der Waals surface area contributed by atoms with E-state index < -0.39 is 6.04 Å². The summed E-state index contributed by atoms with van der Waals surface area (Å²) in [6, 6.07) is 16.8. The maximum Gasteiger partial charge on any atom is 0.254 e. The molecule has 2 aromatic rings. The van der Waals surface area contributed by atoms with Gasteiger partial charge in [0.1, 0.15) is 6.04 Å². The average molecular weight is 280 g/mol. The Balaban J connectivity index is 1.95. The van der Waals surface area contributed by atoms with Crippen molar-refractivity contribution in [3.8, 4) is 0 Å². The van der Waals surface area contributed by atoms with Crippen LogP contribution in [0.4, 0.5) is 5.69 Å². The highest BCUT2D eigenvalue weighted by Crippen LogP contribution is 2.36. The van der Waals surface area contributed by atoms with E-state index in [2.05, 4.69) is 5.32 Å². The standard InChI is InChI=1S/C17H16N2O2/c1-12(20)18-16-14-9-5-6-10-15(14)19(17(16)21)11-13-7-3-2-4-8-13/h2-10,16H,11H2,1H3,(H,18,20)/t16-/m0/s1. The van der Waals surface area contributed by atoms with Gasteiger partial charge in [0, 0.05) is 18.2 Å². The Morgan fingerprint density at radius 2 is 1.76 bits per heavy atom. The molecule has 4 nitrogen and oxygen atoms in total. The van der Waals surface area contributed by atoms with E-state index in [1.807, 2.05) is 54.6 Å². The third-order valence-electron chi connectivity index (χ3n) is 3.58. The van der Waals surface area contributed by atoms with Crippen LogP contribution in [0.3, 0.4) is 0 Å². The van der Waals surface area contributed by atoms with Gasteiger partial charge in [0.25, 0.3) is 5.91 Å². The van der Waals surface area contributed by atoms with Crippen molar-refractivity contribution in [3.63, 3.8) is 0 Å². The summed E-state index contributed by atoms with van der Waals surface area (Å²) in [5, 5.41) is 2.73. The Hall–Kier alpha value is -2.62. The van der Waals surface area contributed by atoms with Crippen molar-refractivity contribution in [1.29, 1.82) is 0 Å². The molecule has 2 amide bonds. The molecule has 3 rings (SSSR count). The number of hydrogen-bond donors (Lipinski definition) is 1. The van der Waals surface area contributed by atoms with Gasteiger partial charge in [-0.25, -0.2) is 0 Å². The van der Waals surface area contributed by atoms with Crippen LogP contribution in [0.1, 0.15) is 24.1 Å². The minimum Gasteiger partial charge on any atom is -0.341 e. The first kappa shape index (κ1) is 13.4. The Labute approximate surface area is 123 Å². The molecule has 21 heavy (non-hydrogen) atoms. The van der Waals surface area contributed by atoms with E-state index in [0.717, 1.165) is 16.8 Å². The number of nitrogens with zero attached hydrogens (tertiary/aromatic N) is 1. The number of fused-ring (bicyclic) bond motifs is 1. The first-order valence-electron chi connectivity index (χ1n) is 6.88. The van der Waals surface area contributed by atoms with Crippen LogP contribution in [0.25, 0.3) is 0 Å². The average Bonchev–Trinajstić information content (AvgIpc) is 2.74. The molecule has 0 bridgehead atoms. The van der Waals surface area contributed by atoms with Crippen molar-refractivity contribution in [2.75, 3.05) is 4.90 Å². The van der Waals surface area contributed by atoms with Crippen LogP contribution < -0.4 is 10.2 Å². The number of hydrogen-bond acceptors (Lipinski definition) is 2. The number of anilines is 1. The van der Waals surface area contributed by atoms with Crippen LogP contribution in [-0.4, -0.2) is 11.8 Å². The van der Waals surface area contributed by atoms with Crippen molar-refractivity contribution in [2.45, 2.75) is 19.5 Å². The fourth-order valence-corrected chi connectivity index (χ4v) is 2.66. The molecule has 1 aliphatic heterocycles. The number of nitrogens with one attached hydrogen (secondary N) is 1. The zero-order valence-electron chi connectivity index (χ0n) is 11.7. The molecule has 2 aromatic carbocycles. The van der Waals surface area contributed by atoms with Crippen LogP contribution in [0.15, 0.2) is 54.6 Å². The zero-order chi connectivity index (χ0) is 14.8. The molecular weight excluding hydrogens is 264 g/mol. The van der Waals surface area contributed by atoms with Crippen molar-refractivity contribution < 1.29 is 9.59 Å². The largest absolute Gasteiger partial charge is 0.341 e. The first-order valence-corrected chi connectivity index (χ1v) is 6.88. The van der Waals surface area contributed by atoms with Crippen LogP contribution in [-0.2, 0) is 16.1 Å². The second-order valence-electron chi connectivity index (χ2n) is 5.10. The summed E-state index contributed by atoms with van der Waals surface area (Å²) in [6.45, 7) is 1.93. The predicted molar refractivity (Wildman–Crippen MR) is 80.6 cm³/mol. The molecule has 0 saturated carbocycles. The zero-order valence-corrected chi connectivity index (χ0v) is 11.7. The van der Waals surface area contributed by atoms with E-state index in [-0.39, 0.29) is 11.8 Å². The lowest BCUT2D eigenvalue weighted by Crippen LogP contribution is -2.36. The van der Waals surface area contributed by atoms with Gasteiger partial charge < -0.3 is 10.2 Å². The lowest BCUT2D eigenvalue weighted by molar-refractivity contribution is -0.126. The van der Waals surface area contributed by atoms with E-state index in [4.69, 9.17) is 0 Å². The van der Waals surface area contributed by atoms with Gasteiger partial charge >= 0.3 is 0 Å². The summed E-state index contributed by atoms with van der Waals surface area (Å²) >= 11 is 0. The molecule has 1 atom stereocenters. The van der Waals surface area contributed by atoms with Crippen LogP contribution >= 0.6 is 0 Å². The van der Waals surface area contributed by atoms with E-state index in [9.17, 15) is 9.59 Å². The van der Waals surface area contributed by atoms with Gasteiger partial charge in [-0.05, 0) is 11.6 Å². The summed E-state index contributed by atoms with van der Waals surface area (Å²) < 4.78 is 0. The second kappa shape index (κ2) is 5.40. The summed E-state index contributed by atoms with van der Waals surface area (Å²) in [5.41, 5.74) is 2.78. The van der Waals surface area contributed by atoms with Gasteiger partial charge in [0.2, 0.25) is 5.91 Å². The minimum atomic E-state index is -0.581. The Morgan fingerprint density at radius 1 is 1.10 bits per heavy atom. The monoisotopic (exact) mass is 280 g/mol. The van der Waals surface area contributed by atoms with Crippen LogP contribution in [0.2, 0.25) is 0 Å². The minimum absolute atomic E-state index is 0.0877. The number of para-hydroxylation sites is 1. The Kier molecular flexibility index (Phi) is 3.44. The molecule has 0 aromatic heterocycles. The molecule has 106 valence electrons. The highest BCUT2D eigenvalue weighted by Gasteiger charge is 2.37. The lowest BCUT2D eigenvalue weighted by atomic mass is 10.1. The van der Waals surface area contributed by atoms with Gasteiger partial charge in [-0.1, -0.05) is 48.5 Å². The fraction of sp³-hybridized carbons (Fsp3) is 0.176. The summed E-state index contributed by atoms with van der Waals surface area (Å²) in [5.74, 6) is -0.292. The number of benzene rings is 2. The maximum absolute atomic E-state index is 12.6. The highest BCUT2D eigenvalue weighted by molar-refractivity contribution is 6.06.